The van der Waals surface area contributed by atoms with Gasteiger partial charge in [-0.3, -0.25) is 4.90 Å². The molecule has 0 spiro atoms. The lowest BCUT2D eigenvalue weighted by Crippen LogP contribution is -2.27. The van der Waals surface area contributed by atoms with Crippen LogP contribution in [0.4, 0.5) is 0 Å². The Bertz CT molecular complexity index is 300. The summed E-state index contributed by atoms with van der Waals surface area (Å²) in [4.78, 5) is 1.90. The summed E-state index contributed by atoms with van der Waals surface area (Å²) >= 11 is 11.6. The van der Waals surface area contributed by atoms with Crippen molar-refractivity contribution in [3.05, 3.63) is 33.8 Å². The van der Waals surface area contributed by atoms with Crippen molar-refractivity contribution in [2.24, 2.45) is 5.73 Å². The van der Waals surface area contributed by atoms with Crippen LogP contribution in [0.25, 0.3) is 0 Å². The van der Waals surface area contributed by atoms with E-state index in [0.29, 0.717) is 10.0 Å². The van der Waals surface area contributed by atoms with E-state index in [-0.39, 0.29) is 6.17 Å². The highest BCUT2D eigenvalue weighted by Crippen LogP contribution is 2.25. The molecule has 2 N–H and O–H groups in total. The molecule has 0 saturated heterocycles. The van der Waals surface area contributed by atoms with Crippen molar-refractivity contribution in [3.63, 3.8) is 0 Å². The summed E-state index contributed by atoms with van der Waals surface area (Å²) < 4.78 is 0. The van der Waals surface area contributed by atoms with Gasteiger partial charge in [-0.2, -0.15) is 0 Å². The second kappa shape index (κ2) is 4.29. The van der Waals surface area contributed by atoms with Gasteiger partial charge in [0.2, 0.25) is 0 Å². The Morgan fingerprint density at radius 2 is 1.85 bits per heavy atom. The molecular weight excluding hydrogens is 207 g/mol. The minimum atomic E-state index is -0.144. The fourth-order valence-electron chi connectivity index (χ4n) is 0.994. The van der Waals surface area contributed by atoms with Gasteiger partial charge in [0.1, 0.15) is 0 Å². The van der Waals surface area contributed by atoms with Crippen LogP contribution in [0.2, 0.25) is 10.0 Å². The molecular formula is C9H12Cl2N2. The number of benzene rings is 1. The van der Waals surface area contributed by atoms with E-state index >= 15 is 0 Å². The molecule has 0 radical (unpaired) electrons. The van der Waals surface area contributed by atoms with E-state index in [1.54, 1.807) is 12.1 Å². The van der Waals surface area contributed by atoms with Crippen LogP contribution in [0.5, 0.6) is 0 Å². The molecule has 1 unspecified atom stereocenters. The molecule has 0 bridgehead atoms. The summed E-state index contributed by atoms with van der Waals surface area (Å²) in [5.41, 5.74) is 6.84. The first-order valence-electron chi connectivity index (χ1n) is 3.89. The zero-order valence-corrected chi connectivity index (χ0v) is 9.10. The maximum absolute atomic E-state index is 5.88. The van der Waals surface area contributed by atoms with Gasteiger partial charge in [0, 0.05) is 0 Å². The maximum atomic E-state index is 5.88. The number of nitrogens with two attached hydrogens (primary N) is 1. The van der Waals surface area contributed by atoms with Crippen LogP contribution < -0.4 is 5.73 Å². The summed E-state index contributed by atoms with van der Waals surface area (Å²) in [5, 5.41) is 1.09. The van der Waals surface area contributed by atoms with Gasteiger partial charge in [-0.15, -0.1) is 0 Å². The van der Waals surface area contributed by atoms with Crippen molar-refractivity contribution in [2.75, 3.05) is 14.1 Å². The van der Waals surface area contributed by atoms with Crippen molar-refractivity contribution in [1.29, 1.82) is 0 Å². The summed E-state index contributed by atoms with van der Waals surface area (Å²) in [6, 6.07) is 5.41. The first-order chi connectivity index (χ1) is 6.02. The smallest absolute Gasteiger partial charge is 0.0830 e. The highest BCUT2D eigenvalue weighted by molar-refractivity contribution is 6.42. The Labute approximate surface area is 88.2 Å². The highest BCUT2D eigenvalue weighted by atomic mass is 35.5. The van der Waals surface area contributed by atoms with Crippen LogP contribution in [0.3, 0.4) is 0 Å². The predicted octanol–water partition coefficient (Wildman–Crippen LogP) is 2.51. The average molecular weight is 219 g/mol. The molecule has 0 aliphatic rings. The van der Waals surface area contributed by atoms with Crippen molar-refractivity contribution in [3.8, 4) is 0 Å². The summed E-state index contributed by atoms with van der Waals surface area (Å²) in [5.74, 6) is 0. The third-order valence-electron chi connectivity index (χ3n) is 1.84. The van der Waals surface area contributed by atoms with Crippen molar-refractivity contribution in [1.82, 2.24) is 4.90 Å². The van der Waals surface area contributed by atoms with Crippen molar-refractivity contribution < 1.29 is 0 Å². The highest BCUT2D eigenvalue weighted by Gasteiger charge is 2.09. The Morgan fingerprint density at radius 1 is 1.23 bits per heavy atom. The number of hydrogen-bond acceptors (Lipinski definition) is 2. The first-order valence-corrected chi connectivity index (χ1v) is 4.65. The zero-order valence-electron chi connectivity index (χ0n) is 7.59. The molecule has 0 saturated carbocycles. The van der Waals surface area contributed by atoms with E-state index in [2.05, 4.69) is 0 Å². The number of hydrogen-bond donors (Lipinski definition) is 1. The molecule has 72 valence electrons. The second-order valence-corrected chi connectivity index (χ2v) is 3.90. The van der Waals surface area contributed by atoms with E-state index in [1.807, 2.05) is 25.1 Å². The van der Waals surface area contributed by atoms with Crippen LogP contribution in [-0.2, 0) is 0 Å². The molecule has 1 atom stereocenters. The SMILES string of the molecule is CN(C)C(N)c1ccc(Cl)c(Cl)c1. The molecule has 1 aromatic rings. The Hall–Kier alpha value is -0.280. The second-order valence-electron chi connectivity index (χ2n) is 3.08. The van der Waals surface area contributed by atoms with Gasteiger partial charge in [0.05, 0.1) is 16.2 Å². The van der Waals surface area contributed by atoms with Gasteiger partial charge in [0.25, 0.3) is 0 Å². The molecule has 0 aliphatic carbocycles. The molecule has 1 rings (SSSR count). The standard InChI is InChI=1S/C9H12Cl2N2/c1-13(2)9(12)6-3-4-7(10)8(11)5-6/h3-5,9H,12H2,1-2H3. The quantitative estimate of drug-likeness (QED) is 0.774. The average Bonchev–Trinajstić information content (AvgIpc) is 2.08. The van der Waals surface area contributed by atoms with Gasteiger partial charge in [0.15, 0.2) is 0 Å². The molecule has 0 aromatic heterocycles. The van der Waals surface area contributed by atoms with Crippen LogP contribution in [0, 0.1) is 0 Å². The molecule has 0 amide bonds. The molecule has 1 aromatic carbocycles. The Balaban J connectivity index is 2.97. The van der Waals surface area contributed by atoms with Crippen LogP contribution >= 0.6 is 23.2 Å². The third kappa shape index (κ3) is 2.58. The minimum Gasteiger partial charge on any atom is -0.312 e. The van der Waals surface area contributed by atoms with E-state index < -0.39 is 0 Å². The molecule has 4 heteroatoms. The van der Waals surface area contributed by atoms with E-state index in [1.165, 1.54) is 0 Å². The number of rotatable bonds is 2. The lowest BCUT2D eigenvalue weighted by atomic mass is 10.2. The molecule has 0 aliphatic heterocycles. The molecule has 0 fully saturated rings. The van der Waals surface area contributed by atoms with E-state index in [4.69, 9.17) is 28.9 Å². The van der Waals surface area contributed by atoms with Gasteiger partial charge in [-0.25, -0.2) is 0 Å². The first kappa shape index (κ1) is 10.8. The lowest BCUT2D eigenvalue weighted by Gasteiger charge is -2.20. The number of halogens is 2. The Kier molecular flexibility index (Phi) is 3.56. The van der Waals surface area contributed by atoms with Crippen LogP contribution in [-0.4, -0.2) is 19.0 Å². The van der Waals surface area contributed by atoms with Crippen molar-refractivity contribution in [2.45, 2.75) is 6.17 Å². The topological polar surface area (TPSA) is 29.3 Å². The summed E-state index contributed by atoms with van der Waals surface area (Å²) in [6.45, 7) is 0. The molecule has 13 heavy (non-hydrogen) atoms. The summed E-state index contributed by atoms with van der Waals surface area (Å²) in [7, 11) is 3.82. The molecule has 0 heterocycles. The zero-order chi connectivity index (χ0) is 10.0. The van der Waals surface area contributed by atoms with Gasteiger partial charge < -0.3 is 5.73 Å². The number of nitrogens with zero attached hydrogens (tertiary/aromatic N) is 1. The monoisotopic (exact) mass is 218 g/mol. The van der Waals surface area contributed by atoms with Crippen LogP contribution in [0.15, 0.2) is 18.2 Å². The predicted molar refractivity (Wildman–Crippen MR) is 57.1 cm³/mol. The van der Waals surface area contributed by atoms with E-state index in [0.717, 1.165) is 5.56 Å². The Morgan fingerprint density at radius 3 is 2.31 bits per heavy atom. The van der Waals surface area contributed by atoms with Crippen LogP contribution in [0.1, 0.15) is 11.7 Å². The normalized spacial score (nSPS) is 13.4. The van der Waals surface area contributed by atoms with Gasteiger partial charge in [-0.05, 0) is 31.8 Å². The lowest BCUT2D eigenvalue weighted by molar-refractivity contribution is 0.307. The van der Waals surface area contributed by atoms with E-state index in [9.17, 15) is 0 Å². The molecule has 2 nitrogen and oxygen atoms in total. The summed E-state index contributed by atoms with van der Waals surface area (Å²) in [6.07, 6.45) is -0.144. The third-order valence-corrected chi connectivity index (χ3v) is 2.58. The minimum absolute atomic E-state index is 0.144. The van der Waals surface area contributed by atoms with Gasteiger partial charge in [-0.1, -0.05) is 29.3 Å². The maximum Gasteiger partial charge on any atom is 0.0830 e. The van der Waals surface area contributed by atoms with Gasteiger partial charge >= 0.3 is 0 Å². The fraction of sp³-hybridized carbons (Fsp3) is 0.333. The largest absolute Gasteiger partial charge is 0.312 e. The fourth-order valence-corrected chi connectivity index (χ4v) is 1.30. The van der Waals surface area contributed by atoms with Crippen molar-refractivity contribution >= 4 is 23.2 Å².